The molecule has 0 bridgehead atoms. The first-order valence-electron chi connectivity index (χ1n) is 6.15. The lowest BCUT2D eigenvalue weighted by atomic mass is 9.82. The minimum absolute atomic E-state index is 0.194. The van der Waals surface area contributed by atoms with Gasteiger partial charge < -0.3 is 4.74 Å². The average molecular weight is 380 g/mol. The first-order chi connectivity index (χ1) is 8.48. The van der Waals surface area contributed by atoms with E-state index in [0.29, 0.717) is 10.2 Å². The van der Waals surface area contributed by atoms with Crippen molar-refractivity contribution in [1.29, 1.82) is 0 Å². The monoisotopic (exact) mass is 378 g/mol. The van der Waals surface area contributed by atoms with Gasteiger partial charge in [0.15, 0.2) is 0 Å². The first kappa shape index (κ1) is 14.3. The Morgan fingerprint density at radius 3 is 2.50 bits per heavy atom. The summed E-state index contributed by atoms with van der Waals surface area (Å²) in [5.41, 5.74) is 1.25. The minimum Gasteiger partial charge on any atom is -0.496 e. The van der Waals surface area contributed by atoms with Gasteiger partial charge in [0.05, 0.1) is 11.6 Å². The maximum absolute atomic E-state index is 13.5. The van der Waals surface area contributed by atoms with Crippen LogP contribution in [-0.2, 0) is 0 Å². The zero-order valence-electron chi connectivity index (χ0n) is 10.6. The molecule has 0 aromatic heterocycles. The van der Waals surface area contributed by atoms with E-state index in [1.807, 2.05) is 6.07 Å². The summed E-state index contributed by atoms with van der Waals surface area (Å²) < 4.78 is 19.3. The van der Waals surface area contributed by atoms with Crippen LogP contribution in [0.5, 0.6) is 5.75 Å². The molecule has 0 N–H and O–H groups in total. The highest BCUT2D eigenvalue weighted by Crippen LogP contribution is 2.53. The summed E-state index contributed by atoms with van der Waals surface area (Å²) in [5, 5.41) is 0. The zero-order valence-corrected chi connectivity index (χ0v) is 13.8. The molecule has 1 saturated carbocycles. The number of methoxy groups -OCH3 is 1. The Kier molecular flexibility index (Phi) is 4.37. The highest BCUT2D eigenvalue weighted by Gasteiger charge is 2.37. The van der Waals surface area contributed by atoms with Crippen LogP contribution in [0.1, 0.15) is 43.0 Å². The van der Waals surface area contributed by atoms with Gasteiger partial charge in [0.2, 0.25) is 0 Å². The van der Waals surface area contributed by atoms with Gasteiger partial charge >= 0.3 is 0 Å². The fourth-order valence-corrected chi connectivity index (χ4v) is 3.91. The van der Waals surface area contributed by atoms with Crippen LogP contribution in [0.3, 0.4) is 0 Å². The molecule has 0 spiro atoms. The lowest BCUT2D eigenvalue weighted by molar-refractivity contribution is 0.321. The predicted molar refractivity (Wildman–Crippen MR) is 78.9 cm³/mol. The summed E-state index contributed by atoms with van der Waals surface area (Å²) in [7, 11) is 1.59. The Morgan fingerprint density at radius 2 is 1.94 bits per heavy atom. The second-order valence-electron chi connectivity index (χ2n) is 5.23. The quantitative estimate of drug-likeness (QED) is 0.620. The van der Waals surface area contributed by atoms with Crippen molar-refractivity contribution >= 4 is 31.9 Å². The van der Waals surface area contributed by atoms with Crippen LogP contribution in [-0.4, -0.2) is 7.11 Å². The van der Waals surface area contributed by atoms with Crippen LogP contribution >= 0.6 is 31.9 Å². The van der Waals surface area contributed by atoms with Crippen molar-refractivity contribution < 1.29 is 9.13 Å². The lowest BCUT2D eigenvalue weighted by Gasteiger charge is -2.31. The van der Waals surface area contributed by atoms with Crippen LogP contribution in [0.15, 0.2) is 16.6 Å². The molecule has 2 rings (SSSR count). The molecule has 100 valence electrons. The fourth-order valence-electron chi connectivity index (χ4n) is 2.73. The van der Waals surface area contributed by atoms with Crippen molar-refractivity contribution in [2.45, 2.75) is 37.4 Å². The van der Waals surface area contributed by atoms with Gasteiger partial charge in [0.25, 0.3) is 0 Å². The van der Waals surface area contributed by atoms with E-state index in [4.69, 9.17) is 4.74 Å². The van der Waals surface area contributed by atoms with Crippen molar-refractivity contribution in [3.63, 3.8) is 0 Å². The molecule has 4 heteroatoms. The van der Waals surface area contributed by atoms with Crippen molar-refractivity contribution in [2.24, 2.45) is 5.41 Å². The molecule has 1 fully saturated rings. The number of hydrogen-bond acceptors (Lipinski definition) is 1. The Bertz CT molecular complexity index is 442. The molecule has 1 aliphatic carbocycles. The number of hydrogen-bond donors (Lipinski definition) is 0. The summed E-state index contributed by atoms with van der Waals surface area (Å²) in [6.45, 7) is 2.29. The SMILES string of the molecule is COc1cc(F)c(Br)cc1C(Br)C1(C)CCCC1. The molecule has 0 heterocycles. The zero-order chi connectivity index (χ0) is 13.3. The molecular weight excluding hydrogens is 363 g/mol. The summed E-state index contributed by atoms with van der Waals surface area (Å²) in [4.78, 5) is 0.194. The largest absolute Gasteiger partial charge is 0.496 e. The van der Waals surface area contributed by atoms with Crippen LogP contribution in [0.2, 0.25) is 0 Å². The predicted octanol–water partition coefficient (Wildman–Crippen LogP) is 5.61. The molecule has 18 heavy (non-hydrogen) atoms. The van der Waals surface area contributed by atoms with Gasteiger partial charge in [-0.2, -0.15) is 0 Å². The van der Waals surface area contributed by atoms with E-state index in [1.54, 1.807) is 7.11 Å². The Labute approximate surface area is 124 Å². The third kappa shape index (κ3) is 2.60. The van der Waals surface area contributed by atoms with Gasteiger partial charge in [-0.05, 0) is 40.3 Å². The van der Waals surface area contributed by atoms with Gasteiger partial charge in [-0.15, -0.1) is 0 Å². The molecule has 0 amide bonds. The molecule has 1 atom stereocenters. The van der Waals surface area contributed by atoms with E-state index in [0.717, 1.165) is 5.56 Å². The summed E-state index contributed by atoms with van der Waals surface area (Å²) >= 11 is 7.05. The average Bonchev–Trinajstić information content (AvgIpc) is 2.79. The third-order valence-electron chi connectivity index (χ3n) is 3.90. The number of rotatable bonds is 3. The highest BCUT2D eigenvalue weighted by molar-refractivity contribution is 9.10. The van der Waals surface area contributed by atoms with E-state index < -0.39 is 0 Å². The molecule has 0 saturated heterocycles. The molecular formula is C14H17Br2FO. The number of ether oxygens (including phenoxy) is 1. The van der Waals surface area contributed by atoms with E-state index in [1.165, 1.54) is 31.7 Å². The van der Waals surface area contributed by atoms with Gasteiger partial charge in [0, 0.05) is 16.5 Å². The van der Waals surface area contributed by atoms with E-state index >= 15 is 0 Å². The Morgan fingerprint density at radius 1 is 1.33 bits per heavy atom. The topological polar surface area (TPSA) is 9.23 Å². The number of alkyl halides is 1. The summed E-state index contributed by atoms with van der Waals surface area (Å²) in [5.74, 6) is 0.331. The number of halogens is 3. The summed E-state index contributed by atoms with van der Waals surface area (Å²) in [6.07, 6.45) is 4.93. The Balaban J connectivity index is 2.40. The second kappa shape index (κ2) is 5.49. The van der Waals surface area contributed by atoms with Gasteiger partial charge in [-0.25, -0.2) is 4.39 Å². The van der Waals surface area contributed by atoms with Gasteiger partial charge in [0.1, 0.15) is 11.6 Å². The molecule has 0 radical (unpaired) electrons. The van der Waals surface area contributed by atoms with Gasteiger partial charge in [-0.3, -0.25) is 0 Å². The maximum atomic E-state index is 13.5. The summed E-state index contributed by atoms with van der Waals surface area (Å²) in [6, 6.07) is 3.28. The molecule has 1 aromatic carbocycles. The minimum atomic E-state index is -0.285. The second-order valence-corrected chi connectivity index (χ2v) is 7.00. The molecule has 1 unspecified atom stereocenters. The smallest absolute Gasteiger partial charge is 0.141 e. The Hall–Kier alpha value is -0.0900. The molecule has 1 nitrogen and oxygen atoms in total. The first-order valence-corrected chi connectivity index (χ1v) is 7.86. The van der Waals surface area contributed by atoms with Gasteiger partial charge in [-0.1, -0.05) is 35.7 Å². The molecule has 1 aliphatic rings. The maximum Gasteiger partial charge on any atom is 0.141 e. The van der Waals surface area contributed by atoms with Crippen molar-refractivity contribution in [3.05, 3.63) is 28.0 Å². The molecule has 1 aromatic rings. The fraction of sp³-hybridized carbons (Fsp3) is 0.571. The van der Waals surface area contributed by atoms with E-state index in [-0.39, 0.29) is 16.1 Å². The van der Waals surface area contributed by atoms with Crippen LogP contribution < -0.4 is 4.74 Å². The van der Waals surface area contributed by atoms with Crippen LogP contribution in [0, 0.1) is 11.2 Å². The van der Waals surface area contributed by atoms with Crippen molar-refractivity contribution in [1.82, 2.24) is 0 Å². The third-order valence-corrected chi connectivity index (χ3v) is 6.11. The van der Waals surface area contributed by atoms with Crippen molar-refractivity contribution in [2.75, 3.05) is 7.11 Å². The molecule has 0 aliphatic heterocycles. The lowest BCUT2D eigenvalue weighted by Crippen LogP contribution is -2.18. The standard InChI is InChI=1S/C14H17Br2FO/c1-14(5-3-4-6-14)13(16)9-7-10(15)11(17)8-12(9)18-2/h7-8,13H,3-6H2,1-2H3. The number of benzene rings is 1. The van der Waals surface area contributed by atoms with Crippen LogP contribution in [0.4, 0.5) is 4.39 Å². The van der Waals surface area contributed by atoms with E-state index in [9.17, 15) is 4.39 Å². The van der Waals surface area contributed by atoms with Crippen LogP contribution in [0.25, 0.3) is 0 Å². The highest BCUT2D eigenvalue weighted by atomic mass is 79.9. The van der Waals surface area contributed by atoms with E-state index in [2.05, 4.69) is 38.8 Å². The normalized spacial score (nSPS) is 19.8. The van der Waals surface area contributed by atoms with Crippen molar-refractivity contribution in [3.8, 4) is 5.75 Å².